The van der Waals surface area contributed by atoms with Crippen molar-refractivity contribution < 1.29 is 5.11 Å². The first-order chi connectivity index (χ1) is 8.99. The number of hydrogen-bond acceptors (Lipinski definition) is 3. The van der Waals surface area contributed by atoms with Gasteiger partial charge in [-0.05, 0) is 59.0 Å². The van der Waals surface area contributed by atoms with Gasteiger partial charge in [-0.15, -0.1) is 0 Å². The lowest BCUT2D eigenvalue weighted by Gasteiger charge is -2.30. The molecule has 106 valence electrons. The molecule has 1 aromatic carbocycles. The molecule has 3 nitrogen and oxygen atoms in total. The molecule has 0 aromatic heterocycles. The van der Waals surface area contributed by atoms with Gasteiger partial charge in [0.25, 0.3) is 0 Å². The largest absolute Gasteiger partial charge is 0.508 e. The second kappa shape index (κ2) is 5.93. The van der Waals surface area contributed by atoms with Crippen LogP contribution >= 0.6 is 0 Å². The Morgan fingerprint density at radius 3 is 2.79 bits per heavy atom. The number of hydrogen-bond donors (Lipinski definition) is 1. The van der Waals surface area contributed by atoms with E-state index in [4.69, 9.17) is 0 Å². The molecule has 1 heterocycles. The number of aryl methyl sites for hydroxylation is 1. The third kappa shape index (κ3) is 3.28. The summed E-state index contributed by atoms with van der Waals surface area (Å²) in [5, 5.41) is 10.1. The number of aromatic hydroxyl groups is 1. The van der Waals surface area contributed by atoms with Crippen molar-refractivity contribution in [3.05, 3.63) is 29.3 Å². The van der Waals surface area contributed by atoms with Crippen molar-refractivity contribution in [1.82, 2.24) is 9.80 Å². The zero-order valence-corrected chi connectivity index (χ0v) is 12.6. The maximum absolute atomic E-state index is 10.1. The third-order valence-corrected chi connectivity index (χ3v) is 4.47. The molecule has 0 aliphatic carbocycles. The molecule has 1 aliphatic rings. The Morgan fingerprint density at radius 2 is 2.21 bits per heavy atom. The van der Waals surface area contributed by atoms with Crippen LogP contribution in [-0.2, 0) is 0 Å². The Hall–Kier alpha value is -1.06. The second-order valence-corrected chi connectivity index (χ2v) is 5.95. The standard InChI is InChI=1S/C16H26N2O/c1-12-7-8-15(16(19)10-12)13(2)18(4)11-14-6-5-9-17(14)3/h7-8,10,13-14,19H,5-6,9,11H2,1-4H3. The van der Waals surface area contributed by atoms with Gasteiger partial charge in [0.1, 0.15) is 5.75 Å². The van der Waals surface area contributed by atoms with Crippen LogP contribution in [0.1, 0.15) is 36.9 Å². The quantitative estimate of drug-likeness (QED) is 0.904. The summed E-state index contributed by atoms with van der Waals surface area (Å²) >= 11 is 0. The van der Waals surface area contributed by atoms with Gasteiger partial charge in [-0.25, -0.2) is 0 Å². The fourth-order valence-electron chi connectivity index (χ4n) is 2.94. The van der Waals surface area contributed by atoms with E-state index in [1.54, 1.807) is 0 Å². The van der Waals surface area contributed by atoms with E-state index in [1.165, 1.54) is 19.4 Å². The Morgan fingerprint density at radius 1 is 1.47 bits per heavy atom. The van der Waals surface area contributed by atoms with Crippen molar-refractivity contribution in [1.29, 1.82) is 0 Å². The molecule has 3 heteroatoms. The summed E-state index contributed by atoms with van der Waals surface area (Å²) in [6.45, 7) is 6.44. The summed E-state index contributed by atoms with van der Waals surface area (Å²) < 4.78 is 0. The number of likely N-dealkylation sites (N-methyl/N-ethyl adjacent to an activating group) is 2. The highest BCUT2D eigenvalue weighted by Gasteiger charge is 2.24. The zero-order valence-electron chi connectivity index (χ0n) is 12.6. The first-order valence-corrected chi connectivity index (χ1v) is 7.19. The van der Waals surface area contributed by atoms with Crippen molar-refractivity contribution in [2.75, 3.05) is 27.2 Å². The smallest absolute Gasteiger partial charge is 0.120 e. The minimum absolute atomic E-state index is 0.245. The number of benzene rings is 1. The minimum atomic E-state index is 0.245. The van der Waals surface area contributed by atoms with Gasteiger partial charge in [-0.2, -0.15) is 0 Å². The Kier molecular flexibility index (Phi) is 4.48. The summed E-state index contributed by atoms with van der Waals surface area (Å²) in [4.78, 5) is 4.79. The predicted octanol–water partition coefficient (Wildman–Crippen LogP) is 2.79. The van der Waals surface area contributed by atoms with Crippen molar-refractivity contribution in [2.24, 2.45) is 0 Å². The summed E-state index contributed by atoms with van der Waals surface area (Å²) in [6, 6.07) is 6.86. The predicted molar refractivity (Wildman–Crippen MR) is 79.5 cm³/mol. The molecular weight excluding hydrogens is 236 g/mol. The average molecular weight is 262 g/mol. The molecule has 1 fully saturated rings. The summed E-state index contributed by atoms with van der Waals surface area (Å²) in [6.07, 6.45) is 2.59. The van der Waals surface area contributed by atoms with E-state index in [1.807, 2.05) is 19.1 Å². The number of nitrogens with zero attached hydrogens (tertiary/aromatic N) is 2. The lowest BCUT2D eigenvalue weighted by molar-refractivity contribution is 0.183. The van der Waals surface area contributed by atoms with E-state index in [9.17, 15) is 5.11 Å². The topological polar surface area (TPSA) is 26.7 Å². The molecule has 19 heavy (non-hydrogen) atoms. The van der Waals surface area contributed by atoms with Crippen molar-refractivity contribution in [3.63, 3.8) is 0 Å². The molecular formula is C16H26N2O. The molecule has 0 bridgehead atoms. The zero-order chi connectivity index (χ0) is 14.0. The first-order valence-electron chi connectivity index (χ1n) is 7.19. The molecule has 2 unspecified atom stereocenters. The van der Waals surface area contributed by atoms with E-state index in [-0.39, 0.29) is 6.04 Å². The van der Waals surface area contributed by atoms with Crippen LogP contribution in [0.3, 0.4) is 0 Å². The van der Waals surface area contributed by atoms with Crippen LogP contribution < -0.4 is 0 Å². The van der Waals surface area contributed by atoms with Gasteiger partial charge >= 0.3 is 0 Å². The maximum Gasteiger partial charge on any atom is 0.120 e. The highest BCUT2D eigenvalue weighted by atomic mass is 16.3. The van der Waals surface area contributed by atoms with Crippen LogP contribution in [-0.4, -0.2) is 48.1 Å². The SMILES string of the molecule is Cc1ccc(C(C)N(C)CC2CCCN2C)c(O)c1. The monoisotopic (exact) mass is 262 g/mol. The maximum atomic E-state index is 10.1. The van der Waals surface area contributed by atoms with Gasteiger partial charge < -0.3 is 10.0 Å². The Bertz CT molecular complexity index is 433. The van der Waals surface area contributed by atoms with E-state index in [2.05, 4.69) is 36.9 Å². The summed E-state index contributed by atoms with van der Waals surface area (Å²) in [5.74, 6) is 0.416. The molecule has 0 radical (unpaired) electrons. The molecule has 2 atom stereocenters. The Balaban J connectivity index is 2.03. The number of phenolic OH excluding ortho intramolecular Hbond substituents is 1. The molecule has 1 aromatic rings. The fourth-order valence-corrected chi connectivity index (χ4v) is 2.94. The summed E-state index contributed by atoms with van der Waals surface area (Å²) in [5.41, 5.74) is 2.13. The van der Waals surface area contributed by atoms with Gasteiger partial charge in [0.05, 0.1) is 0 Å². The molecule has 0 amide bonds. The molecule has 1 saturated heterocycles. The fraction of sp³-hybridized carbons (Fsp3) is 0.625. The van der Waals surface area contributed by atoms with E-state index in [0.29, 0.717) is 11.8 Å². The molecule has 0 spiro atoms. The van der Waals surface area contributed by atoms with Crippen LogP contribution in [0.4, 0.5) is 0 Å². The van der Waals surface area contributed by atoms with Crippen LogP contribution in [0.2, 0.25) is 0 Å². The number of phenols is 1. The molecule has 1 N–H and O–H groups in total. The highest BCUT2D eigenvalue weighted by molar-refractivity contribution is 5.37. The van der Waals surface area contributed by atoms with Gasteiger partial charge in [0, 0.05) is 24.2 Å². The minimum Gasteiger partial charge on any atom is -0.508 e. The van der Waals surface area contributed by atoms with Crippen molar-refractivity contribution in [2.45, 2.75) is 38.8 Å². The lowest BCUT2D eigenvalue weighted by atomic mass is 10.0. The molecule has 1 aliphatic heterocycles. The van der Waals surface area contributed by atoms with Crippen molar-refractivity contribution in [3.8, 4) is 5.75 Å². The first kappa shape index (κ1) is 14.4. The Labute approximate surface area is 116 Å². The van der Waals surface area contributed by atoms with Crippen LogP contribution in [0.5, 0.6) is 5.75 Å². The van der Waals surface area contributed by atoms with Crippen LogP contribution in [0, 0.1) is 6.92 Å². The normalized spacial score (nSPS) is 22.1. The van der Waals surface area contributed by atoms with Gasteiger partial charge in [0.15, 0.2) is 0 Å². The lowest BCUT2D eigenvalue weighted by Crippen LogP contribution is -2.37. The van der Waals surface area contributed by atoms with E-state index < -0.39 is 0 Å². The number of rotatable bonds is 4. The van der Waals surface area contributed by atoms with Crippen LogP contribution in [0.25, 0.3) is 0 Å². The third-order valence-electron chi connectivity index (χ3n) is 4.47. The van der Waals surface area contributed by atoms with Gasteiger partial charge in [-0.3, -0.25) is 4.90 Å². The second-order valence-electron chi connectivity index (χ2n) is 5.95. The van der Waals surface area contributed by atoms with E-state index >= 15 is 0 Å². The van der Waals surface area contributed by atoms with E-state index in [0.717, 1.165) is 17.7 Å². The van der Waals surface area contributed by atoms with Gasteiger partial charge in [-0.1, -0.05) is 12.1 Å². The number of likely N-dealkylation sites (tertiary alicyclic amines) is 1. The molecule has 0 saturated carbocycles. The highest BCUT2D eigenvalue weighted by Crippen LogP contribution is 2.29. The summed E-state index contributed by atoms with van der Waals surface area (Å²) in [7, 11) is 4.36. The average Bonchev–Trinajstić information content (AvgIpc) is 2.74. The van der Waals surface area contributed by atoms with Gasteiger partial charge in [0.2, 0.25) is 0 Å². The van der Waals surface area contributed by atoms with Crippen molar-refractivity contribution >= 4 is 0 Å². The molecule has 2 rings (SSSR count). The van der Waals surface area contributed by atoms with Crippen LogP contribution in [0.15, 0.2) is 18.2 Å².